The third-order valence-corrected chi connectivity index (χ3v) is 4.58. The third-order valence-electron chi connectivity index (χ3n) is 4.58. The first kappa shape index (κ1) is 20.8. The van der Waals surface area contributed by atoms with E-state index in [-0.39, 0.29) is 11.3 Å². The minimum absolute atomic E-state index is 0.0230. The second-order valence-corrected chi connectivity index (χ2v) is 6.68. The average Bonchev–Trinajstić information content (AvgIpc) is 2.97. The van der Waals surface area contributed by atoms with Gasteiger partial charge in [-0.05, 0) is 5.56 Å². The largest absolute Gasteiger partial charge is 0.397 e. The second-order valence-electron chi connectivity index (χ2n) is 6.68. The molecule has 29 heavy (non-hydrogen) atoms. The van der Waals surface area contributed by atoms with Crippen molar-refractivity contribution in [1.29, 1.82) is 0 Å². The number of nitrogens with two attached hydrogens (primary N) is 2. The molecule has 0 radical (unpaired) electrons. The SMILES string of the molecule is N/C(=C\N(N)Cc1ccccc1)c1cn(C2OC(CO)C(O)C2O)c(=O)[nH]c1=O. The van der Waals surface area contributed by atoms with Gasteiger partial charge in [0.25, 0.3) is 5.56 Å². The number of aromatic amines is 1. The molecule has 0 spiro atoms. The second kappa shape index (κ2) is 8.59. The maximum atomic E-state index is 12.2. The van der Waals surface area contributed by atoms with Gasteiger partial charge in [0.2, 0.25) is 0 Å². The fourth-order valence-electron chi connectivity index (χ4n) is 3.08. The summed E-state index contributed by atoms with van der Waals surface area (Å²) in [6.07, 6.45) is -2.82. The Morgan fingerprint density at radius 1 is 1.24 bits per heavy atom. The normalized spacial score (nSPS) is 24.6. The van der Waals surface area contributed by atoms with Crippen LogP contribution in [0.4, 0.5) is 0 Å². The molecule has 1 fully saturated rings. The van der Waals surface area contributed by atoms with Crippen molar-refractivity contribution < 1.29 is 20.1 Å². The smallest absolute Gasteiger partial charge is 0.330 e. The van der Waals surface area contributed by atoms with Gasteiger partial charge in [0, 0.05) is 12.4 Å². The Balaban J connectivity index is 1.89. The summed E-state index contributed by atoms with van der Waals surface area (Å²) in [5.41, 5.74) is 5.20. The van der Waals surface area contributed by atoms with Gasteiger partial charge in [0.1, 0.15) is 18.3 Å². The van der Waals surface area contributed by atoms with Crippen molar-refractivity contribution in [3.05, 3.63) is 74.7 Å². The maximum Gasteiger partial charge on any atom is 0.330 e. The van der Waals surface area contributed by atoms with Crippen molar-refractivity contribution >= 4 is 5.70 Å². The van der Waals surface area contributed by atoms with Crippen molar-refractivity contribution in [3.8, 4) is 0 Å². The number of nitrogens with one attached hydrogen (secondary N) is 1. The number of benzene rings is 1. The molecule has 1 saturated heterocycles. The summed E-state index contributed by atoms with van der Waals surface area (Å²) in [7, 11) is 0. The average molecular weight is 405 g/mol. The molecule has 1 aliphatic rings. The molecule has 11 nitrogen and oxygen atoms in total. The maximum absolute atomic E-state index is 12.2. The first-order chi connectivity index (χ1) is 13.8. The van der Waals surface area contributed by atoms with Crippen LogP contribution < -0.4 is 22.8 Å². The van der Waals surface area contributed by atoms with Crippen LogP contribution in [0.1, 0.15) is 17.4 Å². The monoisotopic (exact) mass is 405 g/mol. The zero-order chi connectivity index (χ0) is 21.1. The van der Waals surface area contributed by atoms with Crippen LogP contribution in [0.25, 0.3) is 5.70 Å². The first-order valence-electron chi connectivity index (χ1n) is 8.82. The number of hydrogen-bond donors (Lipinski definition) is 6. The zero-order valence-electron chi connectivity index (χ0n) is 15.4. The van der Waals surface area contributed by atoms with E-state index in [0.29, 0.717) is 6.54 Å². The molecule has 4 atom stereocenters. The summed E-state index contributed by atoms with van der Waals surface area (Å²) < 4.78 is 6.23. The molecular formula is C18H23N5O6. The van der Waals surface area contributed by atoms with E-state index in [4.69, 9.17) is 16.3 Å². The van der Waals surface area contributed by atoms with E-state index in [2.05, 4.69) is 4.98 Å². The van der Waals surface area contributed by atoms with Crippen LogP contribution in [0.15, 0.2) is 52.3 Å². The van der Waals surface area contributed by atoms with Crippen LogP contribution >= 0.6 is 0 Å². The number of hydrogen-bond acceptors (Lipinski definition) is 9. The van der Waals surface area contributed by atoms with Crippen molar-refractivity contribution in [2.24, 2.45) is 11.6 Å². The summed E-state index contributed by atoms with van der Waals surface area (Å²) in [5, 5.41) is 30.5. The highest BCUT2D eigenvalue weighted by Crippen LogP contribution is 2.28. The highest BCUT2D eigenvalue weighted by Gasteiger charge is 2.43. The fraction of sp³-hybridized carbons (Fsp3) is 0.333. The lowest BCUT2D eigenvalue weighted by molar-refractivity contribution is -0.0550. The van der Waals surface area contributed by atoms with Crippen LogP contribution in [-0.4, -0.2) is 54.8 Å². The molecule has 0 amide bonds. The summed E-state index contributed by atoms with van der Waals surface area (Å²) in [6, 6.07) is 9.34. The molecule has 11 heteroatoms. The summed E-state index contributed by atoms with van der Waals surface area (Å²) in [6.45, 7) is -0.225. The van der Waals surface area contributed by atoms with E-state index in [0.717, 1.165) is 16.3 Å². The lowest BCUT2D eigenvalue weighted by Gasteiger charge is -2.19. The Labute approximate surface area is 165 Å². The van der Waals surface area contributed by atoms with Gasteiger partial charge in [-0.1, -0.05) is 30.3 Å². The summed E-state index contributed by atoms with van der Waals surface area (Å²) in [4.78, 5) is 26.5. The molecule has 0 saturated carbocycles. The zero-order valence-corrected chi connectivity index (χ0v) is 15.4. The molecule has 2 heterocycles. The van der Waals surface area contributed by atoms with Gasteiger partial charge >= 0.3 is 5.69 Å². The van der Waals surface area contributed by atoms with Crippen molar-refractivity contribution in [1.82, 2.24) is 14.6 Å². The van der Waals surface area contributed by atoms with Crippen LogP contribution in [0.3, 0.4) is 0 Å². The van der Waals surface area contributed by atoms with Crippen LogP contribution in [-0.2, 0) is 11.3 Å². The standard InChI is InChI=1S/C18H23N5O6/c19-12(8-22(20)6-10-4-2-1-3-5-10)11-7-23(18(28)21-16(11)27)17-15(26)14(25)13(9-24)29-17/h1-5,7-8,13-15,17,24-26H,6,9,19-20H2,(H,21,27,28)/b12-8-. The van der Waals surface area contributed by atoms with Gasteiger partial charge in [-0.2, -0.15) is 0 Å². The van der Waals surface area contributed by atoms with Gasteiger partial charge < -0.3 is 30.8 Å². The van der Waals surface area contributed by atoms with Crippen molar-refractivity contribution in [2.75, 3.05) is 6.61 Å². The molecule has 8 N–H and O–H groups in total. The number of rotatable bonds is 6. The fourth-order valence-corrected chi connectivity index (χ4v) is 3.08. The predicted molar refractivity (Wildman–Crippen MR) is 103 cm³/mol. The van der Waals surface area contributed by atoms with Crippen LogP contribution in [0.5, 0.6) is 0 Å². The van der Waals surface area contributed by atoms with Gasteiger partial charge in [-0.3, -0.25) is 14.3 Å². The van der Waals surface area contributed by atoms with E-state index < -0.39 is 42.4 Å². The Hall–Kier alpha value is -2.96. The van der Waals surface area contributed by atoms with Crippen LogP contribution in [0.2, 0.25) is 0 Å². The molecule has 156 valence electrons. The Kier molecular flexibility index (Phi) is 6.15. The quantitative estimate of drug-likeness (QED) is 0.229. The number of H-pyrrole nitrogens is 1. The van der Waals surface area contributed by atoms with E-state index in [1.54, 1.807) is 0 Å². The van der Waals surface area contributed by atoms with E-state index >= 15 is 0 Å². The van der Waals surface area contributed by atoms with Crippen LogP contribution in [0, 0.1) is 0 Å². The highest BCUT2D eigenvalue weighted by atomic mass is 16.6. The molecule has 4 unspecified atom stereocenters. The molecule has 0 aliphatic carbocycles. The van der Waals surface area contributed by atoms with Gasteiger partial charge in [0.05, 0.1) is 24.4 Å². The molecule has 3 rings (SSSR count). The Morgan fingerprint density at radius 3 is 2.55 bits per heavy atom. The number of ether oxygens (including phenoxy) is 1. The number of aliphatic hydroxyl groups is 3. The minimum atomic E-state index is -1.49. The topological polar surface area (TPSA) is 180 Å². The van der Waals surface area contributed by atoms with Crippen molar-refractivity contribution in [2.45, 2.75) is 31.1 Å². The summed E-state index contributed by atoms with van der Waals surface area (Å²) >= 11 is 0. The van der Waals surface area contributed by atoms with E-state index in [9.17, 15) is 24.9 Å². The molecular weight excluding hydrogens is 382 g/mol. The Morgan fingerprint density at radius 2 is 1.93 bits per heavy atom. The number of aromatic nitrogens is 2. The number of hydrazine groups is 1. The number of aliphatic hydroxyl groups excluding tert-OH is 3. The van der Waals surface area contributed by atoms with Gasteiger partial charge in [-0.25, -0.2) is 10.6 Å². The molecule has 1 aliphatic heterocycles. The molecule has 0 bridgehead atoms. The minimum Gasteiger partial charge on any atom is -0.397 e. The first-order valence-corrected chi connectivity index (χ1v) is 8.82. The molecule has 1 aromatic carbocycles. The summed E-state index contributed by atoms with van der Waals surface area (Å²) in [5.74, 6) is 5.93. The van der Waals surface area contributed by atoms with Crippen molar-refractivity contribution in [3.63, 3.8) is 0 Å². The van der Waals surface area contributed by atoms with E-state index in [1.807, 2.05) is 30.3 Å². The highest BCUT2D eigenvalue weighted by molar-refractivity contribution is 5.60. The lowest BCUT2D eigenvalue weighted by Crippen LogP contribution is -2.39. The lowest BCUT2D eigenvalue weighted by atomic mass is 10.1. The predicted octanol–water partition coefficient (Wildman–Crippen LogP) is -2.22. The number of nitrogens with zero attached hydrogens (tertiary/aromatic N) is 2. The van der Waals surface area contributed by atoms with E-state index in [1.165, 1.54) is 11.2 Å². The van der Waals surface area contributed by atoms with Gasteiger partial charge in [0.15, 0.2) is 6.23 Å². The molecule has 2 aromatic rings. The third kappa shape index (κ3) is 4.39. The molecule has 1 aromatic heterocycles. The Bertz CT molecular complexity index is 988. The van der Waals surface area contributed by atoms with Gasteiger partial charge in [-0.15, -0.1) is 0 Å².